The van der Waals surface area contributed by atoms with Gasteiger partial charge in [0.2, 0.25) is 10.0 Å². The standard InChI is InChI=1S/C10H21NO3S/c1-10(2,3)14-9-5-7-11(8-6-9)15(4,12)13/h9H,5-8H2,1-4H3. The van der Waals surface area contributed by atoms with E-state index in [-0.39, 0.29) is 11.7 Å². The van der Waals surface area contributed by atoms with Gasteiger partial charge in [0.1, 0.15) is 0 Å². The lowest BCUT2D eigenvalue weighted by molar-refractivity contribution is -0.0760. The SMILES string of the molecule is CC(C)(C)OC1CCN(S(C)(=O)=O)CC1. The first-order valence-corrected chi connectivity index (χ1v) is 7.16. The van der Waals surface area contributed by atoms with E-state index in [1.165, 1.54) is 10.6 Å². The van der Waals surface area contributed by atoms with Crippen LogP contribution in [0, 0.1) is 0 Å². The molecule has 0 aromatic carbocycles. The summed E-state index contributed by atoms with van der Waals surface area (Å²) in [4.78, 5) is 0. The molecule has 1 saturated heterocycles. The molecular weight excluding hydrogens is 214 g/mol. The van der Waals surface area contributed by atoms with Gasteiger partial charge in [-0.15, -0.1) is 0 Å². The Morgan fingerprint density at radius 2 is 1.67 bits per heavy atom. The summed E-state index contributed by atoms with van der Waals surface area (Å²) in [5.74, 6) is 0. The highest BCUT2D eigenvalue weighted by atomic mass is 32.2. The first-order chi connectivity index (χ1) is 6.68. The molecule has 1 aliphatic rings. The summed E-state index contributed by atoms with van der Waals surface area (Å²) in [7, 11) is -3.02. The van der Waals surface area contributed by atoms with E-state index in [4.69, 9.17) is 4.74 Å². The van der Waals surface area contributed by atoms with E-state index in [1.807, 2.05) is 20.8 Å². The molecule has 0 unspecified atom stereocenters. The van der Waals surface area contributed by atoms with E-state index in [1.54, 1.807) is 0 Å². The van der Waals surface area contributed by atoms with Gasteiger partial charge in [-0.3, -0.25) is 0 Å². The summed E-state index contributed by atoms with van der Waals surface area (Å²) in [6.07, 6.45) is 3.05. The maximum absolute atomic E-state index is 11.3. The average molecular weight is 235 g/mol. The van der Waals surface area contributed by atoms with Crippen LogP contribution < -0.4 is 0 Å². The van der Waals surface area contributed by atoms with Gasteiger partial charge < -0.3 is 4.74 Å². The van der Waals surface area contributed by atoms with E-state index in [2.05, 4.69) is 0 Å². The van der Waals surface area contributed by atoms with Crippen molar-refractivity contribution in [1.82, 2.24) is 4.31 Å². The minimum absolute atomic E-state index is 0.141. The van der Waals surface area contributed by atoms with Gasteiger partial charge in [0.05, 0.1) is 18.0 Å². The lowest BCUT2D eigenvalue weighted by Crippen LogP contribution is -2.42. The molecule has 0 spiro atoms. The minimum Gasteiger partial charge on any atom is -0.373 e. The second-order valence-electron chi connectivity index (χ2n) is 5.09. The van der Waals surface area contributed by atoms with Crippen molar-refractivity contribution in [2.45, 2.75) is 45.3 Å². The molecule has 4 nitrogen and oxygen atoms in total. The predicted octanol–water partition coefficient (Wildman–Crippen LogP) is 1.23. The summed E-state index contributed by atoms with van der Waals surface area (Å²) in [5, 5.41) is 0. The van der Waals surface area contributed by atoms with E-state index < -0.39 is 10.0 Å². The third-order valence-corrected chi connectivity index (χ3v) is 3.69. The van der Waals surface area contributed by atoms with Gasteiger partial charge in [-0.05, 0) is 33.6 Å². The molecule has 0 aliphatic carbocycles. The molecule has 1 fully saturated rings. The van der Waals surface area contributed by atoms with Crippen LogP contribution in [-0.2, 0) is 14.8 Å². The molecule has 0 amide bonds. The molecular formula is C10H21NO3S. The van der Waals surface area contributed by atoms with Gasteiger partial charge in [0.15, 0.2) is 0 Å². The summed E-state index contributed by atoms with van der Waals surface area (Å²) in [5.41, 5.74) is -0.141. The van der Waals surface area contributed by atoms with Crippen molar-refractivity contribution >= 4 is 10.0 Å². The van der Waals surface area contributed by atoms with Gasteiger partial charge in [0.25, 0.3) is 0 Å². The summed E-state index contributed by atoms with van der Waals surface area (Å²) in [6.45, 7) is 7.24. The van der Waals surface area contributed by atoms with Gasteiger partial charge in [0, 0.05) is 13.1 Å². The molecule has 0 saturated carbocycles. The van der Waals surface area contributed by atoms with Crippen LogP contribution in [0.25, 0.3) is 0 Å². The maximum Gasteiger partial charge on any atom is 0.211 e. The second kappa shape index (κ2) is 4.39. The van der Waals surface area contributed by atoms with Crippen molar-refractivity contribution < 1.29 is 13.2 Å². The van der Waals surface area contributed by atoms with Crippen LogP contribution in [0.5, 0.6) is 0 Å². The van der Waals surface area contributed by atoms with Gasteiger partial charge >= 0.3 is 0 Å². The van der Waals surface area contributed by atoms with Crippen molar-refractivity contribution in [3.8, 4) is 0 Å². The molecule has 5 heteroatoms. The highest BCUT2D eigenvalue weighted by Crippen LogP contribution is 2.21. The summed E-state index contributed by atoms with van der Waals surface area (Å²) < 4.78 is 29.9. The number of hydrogen-bond acceptors (Lipinski definition) is 3. The zero-order chi connectivity index (χ0) is 11.7. The summed E-state index contributed by atoms with van der Waals surface area (Å²) in [6, 6.07) is 0. The van der Waals surface area contributed by atoms with E-state index in [0.29, 0.717) is 13.1 Å². The molecule has 15 heavy (non-hydrogen) atoms. The van der Waals surface area contributed by atoms with Gasteiger partial charge in [-0.2, -0.15) is 0 Å². The van der Waals surface area contributed by atoms with Crippen LogP contribution in [0.1, 0.15) is 33.6 Å². The monoisotopic (exact) mass is 235 g/mol. The van der Waals surface area contributed by atoms with Crippen molar-refractivity contribution in [3.63, 3.8) is 0 Å². The Balaban J connectivity index is 2.43. The van der Waals surface area contributed by atoms with Crippen LogP contribution in [0.4, 0.5) is 0 Å². The molecule has 0 radical (unpaired) electrons. The third-order valence-electron chi connectivity index (χ3n) is 2.39. The second-order valence-corrected chi connectivity index (χ2v) is 7.07. The fourth-order valence-corrected chi connectivity index (χ4v) is 2.66. The summed E-state index contributed by atoms with van der Waals surface area (Å²) >= 11 is 0. The first kappa shape index (κ1) is 12.9. The van der Waals surface area contributed by atoms with Crippen molar-refractivity contribution in [2.24, 2.45) is 0 Å². The fourth-order valence-electron chi connectivity index (χ4n) is 1.78. The van der Waals surface area contributed by atoms with Crippen LogP contribution in [0.15, 0.2) is 0 Å². The highest BCUT2D eigenvalue weighted by Gasteiger charge is 2.27. The third kappa shape index (κ3) is 4.49. The Morgan fingerprint density at radius 1 is 1.20 bits per heavy atom. The van der Waals surface area contributed by atoms with Crippen molar-refractivity contribution in [3.05, 3.63) is 0 Å². The Bertz CT molecular complexity index is 297. The number of sulfonamides is 1. The predicted molar refractivity (Wildman–Crippen MR) is 60.3 cm³/mol. The average Bonchev–Trinajstić information content (AvgIpc) is 2.00. The lowest BCUT2D eigenvalue weighted by atomic mass is 10.1. The van der Waals surface area contributed by atoms with Crippen LogP contribution in [-0.4, -0.2) is 43.8 Å². The van der Waals surface area contributed by atoms with Crippen LogP contribution >= 0.6 is 0 Å². The topological polar surface area (TPSA) is 46.6 Å². The highest BCUT2D eigenvalue weighted by molar-refractivity contribution is 7.88. The number of rotatable bonds is 2. The normalized spacial score (nSPS) is 21.9. The number of hydrogen-bond donors (Lipinski definition) is 0. The fraction of sp³-hybridized carbons (Fsp3) is 1.00. The quantitative estimate of drug-likeness (QED) is 0.723. The lowest BCUT2D eigenvalue weighted by Gasteiger charge is -2.34. The van der Waals surface area contributed by atoms with Crippen molar-refractivity contribution in [2.75, 3.05) is 19.3 Å². The van der Waals surface area contributed by atoms with E-state index in [9.17, 15) is 8.42 Å². The van der Waals surface area contributed by atoms with Crippen LogP contribution in [0.3, 0.4) is 0 Å². The molecule has 0 aromatic rings. The smallest absolute Gasteiger partial charge is 0.211 e. The van der Waals surface area contributed by atoms with E-state index >= 15 is 0 Å². The molecule has 0 N–H and O–H groups in total. The Hall–Kier alpha value is -0.130. The molecule has 0 bridgehead atoms. The maximum atomic E-state index is 11.3. The molecule has 1 rings (SSSR count). The zero-order valence-corrected chi connectivity index (χ0v) is 10.8. The number of nitrogens with zero attached hydrogens (tertiary/aromatic N) is 1. The first-order valence-electron chi connectivity index (χ1n) is 5.31. The Kier molecular flexibility index (Phi) is 3.79. The molecule has 0 aromatic heterocycles. The molecule has 90 valence electrons. The zero-order valence-electron chi connectivity index (χ0n) is 9.99. The Labute approximate surface area is 92.7 Å². The van der Waals surface area contributed by atoms with Crippen LogP contribution in [0.2, 0.25) is 0 Å². The molecule has 1 heterocycles. The van der Waals surface area contributed by atoms with Gasteiger partial charge in [-0.25, -0.2) is 12.7 Å². The van der Waals surface area contributed by atoms with Crippen molar-refractivity contribution in [1.29, 1.82) is 0 Å². The number of piperidine rings is 1. The minimum atomic E-state index is -3.02. The molecule has 1 aliphatic heterocycles. The Morgan fingerprint density at radius 3 is 2.00 bits per heavy atom. The van der Waals surface area contributed by atoms with Gasteiger partial charge in [-0.1, -0.05) is 0 Å². The molecule has 0 atom stereocenters. The number of ether oxygens (including phenoxy) is 1. The largest absolute Gasteiger partial charge is 0.373 e. The van der Waals surface area contributed by atoms with E-state index in [0.717, 1.165) is 12.8 Å².